The molecule has 5 nitrogen and oxygen atoms in total. The molecular formula is C17H11Cl2N3O2. The molecule has 7 heteroatoms. The summed E-state index contributed by atoms with van der Waals surface area (Å²) in [6.45, 7) is 0. The molecule has 24 heavy (non-hydrogen) atoms. The summed E-state index contributed by atoms with van der Waals surface area (Å²) in [6.07, 6.45) is 1.67. The average molecular weight is 360 g/mol. The molecule has 0 spiro atoms. The van der Waals surface area contributed by atoms with Crippen molar-refractivity contribution in [1.82, 2.24) is 15.2 Å². The van der Waals surface area contributed by atoms with E-state index in [0.717, 1.165) is 10.9 Å². The first kappa shape index (κ1) is 15.1. The molecule has 2 aromatic heterocycles. The van der Waals surface area contributed by atoms with E-state index in [1.54, 1.807) is 30.5 Å². The van der Waals surface area contributed by atoms with Crippen LogP contribution in [-0.4, -0.2) is 28.1 Å². The van der Waals surface area contributed by atoms with Crippen LogP contribution in [-0.2, 0) is 0 Å². The van der Waals surface area contributed by atoms with E-state index in [9.17, 15) is 4.79 Å². The minimum Gasteiger partial charge on any atom is -0.495 e. The SMILES string of the molecule is COc1ccc2[nH]c(C(=O)c3ccc4[nH]ncc4c3)c(Cl)c2c1Cl. The van der Waals surface area contributed by atoms with Crippen molar-refractivity contribution in [1.29, 1.82) is 0 Å². The van der Waals surface area contributed by atoms with Crippen LogP contribution in [0.4, 0.5) is 0 Å². The van der Waals surface area contributed by atoms with Crippen LogP contribution in [0.1, 0.15) is 16.1 Å². The fourth-order valence-electron chi connectivity index (χ4n) is 2.73. The van der Waals surface area contributed by atoms with E-state index in [2.05, 4.69) is 15.2 Å². The van der Waals surface area contributed by atoms with Crippen molar-refractivity contribution in [3.05, 3.63) is 57.8 Å². The van der Waals surface area contributed by atoms with Crippen LogP contribution >= 0.6 is 23.2 Å². The highest BCUT2D eigenvalue weighted by molar-refractivity contribution is 6.45. The third-order valence-electron chi connectivity index (χ3n) is 3.95. The summed E-state index contributed by atoms with van der Waals surface area (Å²) in [5.41, 5.74) is 2.35. The molecule has 0 atom stereocenters. The average Bonchev–Trinajstić information content (AvgIpc) is 3.18. The first-order valence-corrected chi connectivity index (χ1v) is 7.87. The zero-order valence-corrected chi connectivity index (χ0v) is 14.0. The zero-order valence-electron chi connectivity index (χ0n) is 12.5. The lowest BCUT2D eigenvalue weighted by Gasteiger charge is -2.03. The first-order valence-electron chi connectivity index (χ1n) is 7.11. The number of aromatic amines is 2. The summed E-state index contributed by atoms with van der Waals surface area (Å²) >= 11 is 12.7. The lowest BCUT2D eigenvalue weighted by molar-refractivity contribution is 0.103. The standard InChI is InChI=1S/C17H11Cl2N3O2/c1-24-12-5-4-11-13(14(12)18)15(19)16(21-11)17(23)8-2-3-10-9(6-8)7-20-22-10/h2-7,21H,1H3,(H,20,22). The van der Waals surface area contributed by atoms with Crippen molar-refractivity contribution in [2.75, 3.05) is 7.11 Å². The van der Waals surface area contributed by atoms with Gasteiger partial charge in [-0.15, -0.1) is 0 Å². The van der Waals surface area contributed by atoms with E-state index >= 15 is 0 Å². The summed E-state index contributed by atoms with van der Waals surface area (Å²) in [5.74, 6) is 0.290. The Hall–Kier alpha value is -2.50. The molecule has 0 amide bonds. The van der Waals surface area contributed by atoms with Crippen LogP contribution < -0.4 is 4.74 Å². The topological polar surface area (TPSA) is 70.8 Å². The van der Waals surface area contributed by atoms with Crippen molar-refractivity contribution < 1.29 is 9.53 Å². The number of nitrogens with one attached hydrogen (secondary N) is 2. The van der Waals surface area contributed by atoms with Crippen molar-refractivity contribution in [2.24, 2.45) is 0 Å². The summed E-state index contributed by atoms with van der Waals surface area (Å²) in [7, 11) is 1.53. The molecule has 0 saturated heterocycles. The number of benzene rings is 2. The van der Waals surface area contributed by atoms with Crippen LogP contribution in [0.5, 0.6) is 5.75 Å². The number of carbonyl (C=O) groups is 1. The van der Waals surface area contributed by atoms with Gasteiger partial charge in [-0.05, 0) is 30.3 Å². The smallest absolute Gasteiger partial charge is 0.210 e. The van der Waals surface area contributed by atoms with Crippen molar-refractivity contribution in [3.63, 3.8) is 0 Å². The van der Waals surface area contributed by atoms with Gasteiger partial charge < -0.3 is 9.72 Å². The first-order chi connectivity index (χ1) is 11.6. The fourth-order valence-corrected chi connectivity index (χ4v) is 3.45. The Morgan fingerprint density at radius 2 is 1.92 bits per heavy atom. The maximum Gasteiger partial charge on any atom is 0.210 e. The highest BCUT2D eigenvalue weighted by Crippen LogP contribution is 2.39. The Morgan fingerprint density at radius 1 is 1.12 bits per heavy atom. The molecule has 120 valence electrons. The van der Waals surface area contributed by atoms with Crippen LogP contribution in [0.2, 0.25) is 10.0 Å². The Morgan fingerprint density at radius 3 is 2.71 bits per heavy atom. The molecule has 0 bridgehead atoms. The van der Waals surface area contributed by atoms with Gasteiger partial charge in [-0.2, -0.15) is 5.10 Å². The largest absolute Gasteiger partial charge is 0.495 e. The quantitative estimate of drug-likeness (QED) is 0.525. The number of nitrogens with zero attached hydrogens (tertiary/aromatic N) is 1. The predicted octanol–water partition coefficient (Wildman–Crippen LogP) is 4.59. The van der Waals surface area contributed by atoms with Gasteiger partial charge >= 0.3 is 0 Å². The molecule has 0 aliphatic rings. The number of fused-ring (bicyclic) bond motifs is 2. The number of halogens is 2. The lowest BCUT2D eigenvalue weighted by Crippen LogP contribution is -2.02. The molecule has 2 N–H and O–H groups in total. The molecule has 0 unspecified atom stereocenters. The van der Waals surface area contributed by atoms with Crippen LogP contribution in [0.15, 0.2) is 36.5 Å². The van der Waals surface area contributed by atoms with E-state index in [1.807, 2.05) is 6.07 Å². The van der Waals surface area contributed by atoms with Gasteiger partial charge in [0.1, 0.15) is 11.4 Å². The van der Waals surface area contributed by atoms with E-state index in [0.29, 0.717) is 32.9 Å². The molecule has 0 aliphatic heterocycles. The van der Waals surface area contributed by atoms with Gasteiger partial charge in [-0.1, -0.05) is 23.2 Å². The van der Waals surface area contributed by atoms with Gasteiger partial charge in [0.2, 0.25) is 5.78 Å². The highest BCUT2D eigenvalue weighted by atomic mass is 35.5. The van der Waals surface area contributed by atoms with Crippen LogP contribution in [0, 0.1) is 0 Å². The fraction of sp³-hybridized carbons (Fsp3) is 0.0588. The van der Waals surface area contributed by atoms with E-state index in [4.69, 9.17) is 27.9 Å². The normalized spacial score (nSPS) is 11.3. The number of aromatic nitrogens is 3. The minimum absolute atomic E-state index is 0.214. The summed E-state index contributed by atoms with van der Waals surface area (Å²) in [5, 5.41) is 8.90. The van der Waals surface area contributed by atoms with E-state index in [1.165, 1.54) is 7.11 Å². The number of hydrogen-bond donors (Lipinski definition) is 2. The van der Waals surface area contributed by atoms with Crippen molar-refractivity contribution in [2.45, 2.75) is 0 Å². The molecule has 0 aliphatic carbocycles. The summed E-state index contributed by atoms with van der Waals surface area (Å²) in [6, 6.07) is 8.81. The lowest BCUT2D eigenvalue weighted by atomic mass is 10.1. The van der Waals surface area contributed by atoms with E-state index < -0.39 is 0 Å². The summed E-state index contributed by atoms with van der Waals surface area (Å²) in [4.78, 5) is 15.9. The van der Waals surface area contributed by atoms with Gasteiger partial charge in [0.05, 0.1) is 28.9 Å². The predicted molar refractivity (Wildman–Crippen MR) is 94.4 cm³/mol. The van der Waals surface area contributed by atoms with Crippen LogP contribution in [0.3, 0.4) is 0 Å². The monoisotopic (exact) mass is 359 g/mol. The Bertz CT molecular complexity index is 1100. The number of ether oxygens (including phenoxy) is 1. The number of ketones is 1. The molecule has 2 heterocycles. The van der Waals surface area contributed by atoms with Gasteiger partial charge in [0.25, 0.3) is 0 Å². The number of carbonyl (C=O) groups excluding carboxylic acids is 1. The second-order valence-corrected chi connectivity index (χ2v) is 6.08. The van der Waals surface area contributed by atoms with Gasteiger partial charge in [-0.3, -0.25) is 9.89 Å². The maximum atomic E-state index is 12.8. The number of H-pyrrole nitrogens is 2. The molecule has 4 aromatic rings. The van der Waals surface area contributed by atoms with Crippen LogP contribution in [0.25, 0.3) is 21.8 Å². The molecule has 2 aromatic carbocycles. The molecule has 0 fully saturated rings. The van der Waals surface area contributed by atoms with Crippen molar-refractivity contribution in [3.8, 4) is 5.75 Å². The maximum absolute atomic E-state index is 12.8. The third-order valence-corrected chi connectivity index (χ3v) is 4.71. The molecule has 0 saturated carbocycles. The van der Waals surface area contributed by atoms with Crippen molar-refractivity contribution >= 4 is 50.8 Å². The Balaban J connectivity index is 1.87. The summed E-state index contributed by atoms with van der Waals surface area (Å²) < 4.78 is 5.20. The zero-order chi connectivity index (χ0) is 16.8. The molecule has 0 radical (unpaired) electrons. The van der Waals surface area contributed by atoms with Gasteiger partial charge in [-0.25, -0.2) is 0 Å². The second-order valence-electron chi connectivity index (χ2n) is 5.32. The van der Waals surface area contributed by atoms with Gasteiger partial charge in [0.15, 0.2) is 0 Å². The minimum atomic E-state index is -0.214. The Kier molecular flexibility index (Phi) is 3.48. The Labute approximate surface area is 146 Å². The number of rotatable bonds is 3. The molecular weight excluding hydrogens is 349 g/mol. The number of methoxy groups -OCH3 is 1. The molecule has 4 rings (SSSR count). The van der Waals surface area contributed by atoms with Gasteiger partial charge in [0, 0.05) is 21.9 Å². The third kappa shape index (κ3) is 2.17. The number of hydrogen-bond acceptors (Lipinski definition) is 3. The second kappa shape index (κ2) is 5.54. The van der Waals surface area contributed by atoms with E-state index in [-0.39, 0.29) is 10.8 Å². The highest BCUT2D eigenvalue weighted by Gasteiger charge is 2.21.